The number of carboxylic acid groups (broad SMARTS) is 1. The summed E-state index contributed by atoms with van der Waals surface area (Å²) in [6.45, 7) is 0.370. The van der Waals surface area contributed by atoms with Crippen LogP contribution in [0.2, 0.25) is 0 Å². The molecule has 21 heavy (non-hydrogen) atoms. The maximum atomic E-state index is 12.4. The molecule has 114 valence electrons. The van der Waals surface area contributed by atoms with Gasteiger partial charge in [0.05, 0.1) is 0 Å². The van der Waals surface area contributed by atoms with Crippen LogP contribution in [0.1, 0.15) is 36.0 Å². The average Bonchev–Trinajstić information content (AvgIpc) is 2.97. The van der Waals surface area contributed by atoms with E-state index in [0.29, 0.717) is 17.2 Å². The van der Waals surface area contributed by atoms with Crippen molar-refractivity contribution in [2.75, 3.05) is 20.2 Å². The van der Waals surface area contributed by atoms with Crippen LogP contribution < -0.4 is 4.74 Å². The number of benzene rings is 1. The van der Waals surface area contributed by atoms with Gasteiger partial charge in [0, 0.05) is 19.2 Å². The Labute approximate surface area is 124 Å². The molecule has 0 heterocycles. The fraction of sp³-hybridized carbons (Fsp3) is 0.500. The number of hydrogen-bond donors (Lipinski definition) is 1. The van der Waals surface area contributed by atoms with Gasteiger partial charge in [0.25, 0.3) is 5.91 Å². The summed E-state index contributed by atoms with van der Waals surface area (Å²) in [5.74, 6) is -0.0873. The summed E-state index contributed by atoms with van der Waals surface area (Å²) >= 11 is 0. The number of carbonyl (C=O) groups is 2. The summed E-state index contributed by atoms with van der Waals surface area (Å²) in [6.07, 6.45) is 4.90. The largest absolute Gasteiger partial charge is 0.482 e. The van der Waals surface area contributed by atoms with Crippen LogP contribution >= 0.6 is 0 Å². The van der Waals surface area contributed by atoms with E-state index in [1.54, 1.807) is 29.2 Å². The molecule has 1 N–H and O–H groups in total. The van der Waals surface area contributed by atoms with Gasteiger partial charge in [-0.3, -0.25) is 4.79 Å². The quantitative estimate of drug-likeness (QED) is 0.874. The van der Waals surface area contributed by atoms with E-state index in [2.05, 4.69) is 0 Å². The lowest BCUT2D eigenvalue weighted by molar-refractivity contribution is -0.139. The van der Waals surface area contributed by atoms with Crippen LogP contribution in [-0.4, -0.2) is 42.1 Å². The summed E-state index contributed by atoms with van der Waals surface area (Å²) in [5.41, 5.74) is 0.526. The Morgan fingerprint density at radius 3 is 2.71 bits per heavy atom. The van der Waals surface area contributed by atoms with Gasteiger partial charge in [-0.05, 0) is 37.0 Å². The molecule has 0 radical (unpaired) electrons. The predicted molar refractivity (Wildman–Crippen MR) is 78.5 cm³/mol. The van der Waals surface area contributed by atoms with Crippen molar-refractivity contribution in [2.45, 2.75) is 25.7 Å². The molecule has 0 saturated heterocycles. The van der Waals surface area contributed by atoms with Crippen LogP contribution in [0.3, 0.4) is 0 Å². The fourth-order valence-corrected chi connectivity index (χ4v) is 2.75. The van der Waals surface area contributed by atoms with E-state index < -0.39 is 12.6 Å². The van der Waals surface area contributed by atoms with Gasteiger partial charge in [-0.25, -0.2) is 4.79 Å². The second-order valence-corrected chi connectivity index (χ2v) is 5.55. The number of carbonyl (C=O) groups excluding carboxylic acids is 1. The maximum Gasteiger partial charge on any atom is 0.341 e. The number of amides is 1. The lowest BCUT2D eigenvalue weighted by Crippen LogP contribution is -2.31. The molecule has 0 bridgehead atoms. The number of hydrogen-bond acceptors (Lipinski definition) is 3. The third-order valence-electron chi connectivity index (χ3n) is 3.80. The van der Waals surface area contributed by atoms with Crippen molar-refractivity contribution in [1.29, 1.82) is 0 Å². The second-order valence-electron chi connectivity index (χ2n) is 5.55. The van der Waals surface area contributed by atoms with E-state index in [9.17, 15) is 9.59 Å². The molecule has 1 aromatic carbocycles. The molecule has 0 atom stereocenters. The monoisotopic (exact) mass is 291 g/mol. The van der Waals surface area contributed by atoms with E-state index in [4.69, 9.17) is 9.84 Å². The minimum atomic E-state index is -1.04. The van der Waals surface area contributed by atoms with Gasteiger partial charge in [-0.2, -0.15) is 0 Å². The molecule has 5 heteroatoms. The Hall–Kier alpha value is -2.04. The summed E-state index contributed by atoms with van der Waals surface area (Å²) in [4.78, 5) is 24.6. The molecule has 0 spiro atoms. The third-order valence-corrected chi connectivity index (χ3v) is 3.80. The first-order valence-corrected chi connectivity index (χ1v) is 7.26. The third kappa shape index (κ3) is 4.48. The highest BCUT2D eigenvalue weighted by Crippen LogP contribution is 2.25. The lowest BCUT2D eigenvalue weighted by Gasteiger charge is -2.21. The highest BCUT2D eigenvalue weighted by Gasteiger charge is 2.20. The Bertz CT molecular complexity index is 509. The summed E-state index contributed by atoms with van der Waals surface area (Å²) in [7, 11) is 1.81. The van der Waals surface area contributed by atoms with Gasteiger partial charge in [0.2, 0.25) is 0 Å². The van der Waals surface area contributed by atoms with Gasteiger partial charge in [-0.15, -0.1) is 0 Å². The minimum Gasteiger partial charge on any atom is -0.482 e. The molecule has 1 amide bonds. The molecule has 1 aromatic rings. The second kappa shape index (κ2) is 7.11. The molecule has 2 rings (SSSR count). The van der Waals surface area contributed by atoms with Crippen LogP contribution in [-0.2, 0) is 4.79 Å². The highest BCUT2D eigenvalue weighted by molar-refractivity contribution is 5.94. The Balaban J connectivity index is 1.97. The Morgan fingerprint density at radius 1 is 1.33 bits per heavy atom. The zero-order valence-corrected chi connectivity index (χ0v) is 12.2. The topological polar surface area (TPSA) is 66.8 Å². The van der Waals surface area contributed by atoms with Gasteiger partial charge >= 0.3 is 5.97 Å². The van der Waals surface area contributed by atoms with Crippen LogP contribution in [0.15, 0.2) is 24.3 Å². The number of nitrogens with zero attached hydrogens (tertiary/aromatic N) is 1. The van der Waals surface area contributed by atoms with Crippen molar-refractivity contribution in [2.24, 2.45) is 5.92 Å². The van der Waals surface area contributed by atoms with Crippen LogP contribution in [0.5, 0.6) is 5.75 Å². The molecule has 1 fully saturated rings. The number of ether oxygens (including phenoxy) is 1. The normalized spacial score (nSPS) is 14.9. The Kier molecular flexibility index (Phi) is 5.20. The van der Waals surface area contributed by atoms with Gasteiger partial charge in [0.1, 0.15) is 5.75 Å². The lowest BCUT2D eigenvalue weighted by atomic mass is 10.1. The van der Waals surface area contributed by atoms with Gasteiger partial charge < -0.3 is 14.7 Å². The molecule has 1 aliphatic rings. The fourth-order valence-electron chi connectivity index (χ4n) is 2.75. The van der Waals surface area contributed by atoms with E-state index in [1.165, 1.54) is 25.7 Å². The first-order chi connectivity index (χ1) is 10.1. The van der Waals surface area contributed by atoms with Gasteiger partial charge in [0.15, 0.2) is 6.61 Å². The predicted octanol–water partition coefficient (Wildman–Crippen LogP) is 2.41. The molecule has 0 aliphatic heterocycles. The molecular formula is C16H21NO4. The van der Waals surface area contributed by atoms with Crippen molar-refractivity contribution < 1.29 is 19.4 Å². The highest BCUT2D eigenvalue weighted by atomic mass is 16.5. The average molecular weight is 291 g/mol. The SMILES string of the molecule is CN(CC1CCCC1)C(=O)c1cccc(OCC(=O)O)c1. The zero-order valence-electron chi connectivity index (χ0n) is 12.2. The summed E-state index contributed by atoms with van der Waals surface area (Å²) in [6, 6.07) is 6.67. The standard InChI is InChI=1S/C16H21NO4/c1-17(10-12-5-2-3-6-12)16(20)13-7-4-8-14(9-13)21-11-15(18)19/h4,7-9,12H,2-3,5-6,10-11H2,1H3,(H,18,19). The van der Waals surface area contributed by atoms with Crippen molar-refractivity contribution in [3.8, 4) is 5.75 Å². The van der Waals surface area contributed by atoms with E-state index in [0.717, 1.165) is 6.54 Å². The van der Waals surface area contributed by atoms with E-state index >= 15 is 0 Å². The number of carboxylic acids is 1. The molecule has 0 aromatic heterocycles. The number of aliphatic carboxylic acids is 1. The smallest absolute Gasteiger partial charge is 0.341 e. The van der Waals surface area contributed by atoms with Crippen molar-refractivity contribution >= 4 is 11.9 Å². The molecule has 5 nitrogen and oxygen atoms in total. The van der Waals surface area contributed by atoms with Crippen molar-refractivity contribution in [3.05, 3.63) is 29.8 Å². The molecular weight excluding hydrogens is 270 g/mol. The first-order valence-electron chi connectivity index (χ1n) is 7.26. The Morgan fingerprint density at radius 2 is 2.05 bits per heavy atom. The summed E-state index contributed by atoms with van der Waals surface area (Å²) < 4.78 is 5.10. The van der Waals surface area contributed by atoms with Crippen LogP contribution in [0.4, 0.5) is 0 Å². The zero-order chi connectivity index (χ0) is 15.2. The first kappa shape index (κ1) is 15.4. The minimum absolute atomic E-state index is 0.0531. The van der Waals surface area contributed by atoms with Crippen LogP contribution in [0.25, 0.3) is 0 Å². The van der Waals surface area contributed by atoms with Crippen molar-refractivity contribution in [3.63, 3.8) is 0 Å². The van der Waals surface area contributed by atoms with Crippen LogP contribution in [0, 0.1) is 5.92 Å². The van der Waals surface area contributed by atoms with Gasteiger partial charge in [-0.1, -0.05) is 18.9 Å². The summed E-state index contributed by atoms with van der Waals surface area (Å²) in [5, 5.41) is 8.60. The van der Waals surface area contributed by atoms with E-state index in [-0.39, 0.29) is 5.91 Å². The number of rotatable bonds is 6. The van der Waals surface area contributed by atoms with Crippen molar-refractivity contribution in [1.82, 2.24) is 4.90 Å². The molecule has 1 saturated carbocycles. The maximum absolute atomic E-state index is 12.4. The molecule has 1 aliphatic carbocycles. The molecule has 0 unspecified atom stereocenters. The van der Waals surface area contributed by atoms with E-state index in [1.807, 2.05) is 7.05 Å².